The average molecular weight is 293 g/mol. The van der Waals surface area contributed by atoms with Crippen LogP contribution >= 0.6 is 11.8 Å². The van der Waals surface area contributed by atoms with Gasteiger partial charge in [-0.1, -0.05) is 11.8 Å². The summed E-state index contributed by atoms with van der Waals surface area (Å²) in [7, 11) is 0. The van der Waals surface area contributed by atoms with Crippen molar-refractivity contribution < 1.29 is 9.31 Å². The fraction of sp³-hybridized carbons (Fsp3) is 0.154. The number of aromatic nitrogens is 1. The molecule has 0 spiro atoms. The Hall–Kier alpha value is -2.15. The van der Waals surface area contributed by atoms with E-state index in [-0.39, 0.29) is 16.5 Å². The first-order chi connectivity index (χ1) is 9.60. The zero-order valence-electron chi connectivity index (χ0n) is 10.7. The van der Waals surface area contributed by atoms with Crippen molar-refractivity contribution in [1.29, 1.82) is 0 Å². The molecule has 0 fully saturated rings. The van der Waals surface area contributed by atoms with E-state index in [4.69, 9.17) is 0 Å². The smallest absolute Gasteiger partial charge is 0.301 e. The average Bonchev–Trinajstić information content (AvgIpc) is 2.42. The lowest BCUT2D eigenvalue weighted by Gasteiger charge is -2.06. The minimum atomic E-state index is -0.478. The van der Waals surface area contributed by atoms with Gasteiger partial charge in [0.1, 0.15) is 11.6 Å². The van der Waals surface area contributed by atoms with Gasteiger partial charge in [0.05, 0.1) is 4.92 Å². The second-order valence-electron chi connectivity index (χ2n) is 3.86. The molecule has 104 valence electrons. The molecule has 0 saturated carbocycles. The molecule has 1 N–H and O–H groups in total. The van der Waals surface area contributed by atoms with Crippen LogP contribution in [-0.2, 0) is 0 Å². The maximum Gasteiger partial charge on any atom is 0.301 e. The minimum absolute atomic E-state index is 0.0685. The van der Waals surface area contributed by atoms with Gasteiger partial charge < -0.3 is 5.32 Å². The predicted octanol–water partition coefficient (Wildman–Crippen LogP) is 3.71. The third kappa shape index (κ3) is 3.45. The molecule has 2 aromatic rings. The second-order valence-corrected chi connectivity index (χ2v) is 4.93. The molecule has 5 nitrogen and oxygen atoms in total. The standard InChI is InChI=1S/C13H12FN3O2S/c1-2-15-12-8-7-11(17(18)19)13(16-12)20-10-5-3-9(14)4-6-10/h3-8H,2H2,1H3,(H,15,16). The van der Waals surface area contributed by atoms with E-state index in [9.17, 15) is 14.5 Å². The summed E-state index contributed by atoms with van der Waals surface area (Å²) >= 11 is 1.13. The van der Waals surface area contributed by atoms with E-state index in [1.165, 1.54) is 18.2 Å². The van der Waals surface area contributed by atoms with Crippen LogP contribution in [0.4, 0.5) is 15.9 Å². The highest BCUT2D eigenvalue weighted by atomic mass is 32.2. The van der Waals surface area contributed by atoms with Gasteiger partial charge in [-0.2, -0.15) is 0 Å². The molecule has 0 aliphatic carbocycles. The Morgan fingerprint density at radius 2 is 2.00 bits per heavy atom. The van der Waals surface area contributed by atoms with E-state index in [0.717, 1.165) is 11.8 Å². The Bertz CT molecular complexity index is 620. The molecule has 0 aliphatic heterocycles. The molecule has 0 aliphatic rings. The molecule has 1 aromatic heterocycles. The molecule has 0 saturated heterocycles. The Morgan fingerprint density at radius 1 is 1.30 bits per heavy atom. The zero-order chi connectivity index (χ0) is 14.5. The monoisotopic (exact) mass is 293 g/mol. The van der Waals surface area contributed by atoms with Gasteiger partial charge >= 0.3 is 5.69 Å². The zero-order valence-corrected chi connectivity index (χ0v) is 11.5. The van der Waals surface area contributed by atoms with Crippen molar-refractivity contribution in [2.75, 3.05) is 11.9 Å². The van der Waals surface area contributed by atoms with Crippen LogP contribution in [0.3, 0.4) is 0 Å². The lowest BCUT2D eigenvalue weighted by atomic mass is 10.3. The SMILES string of the molecule is CCNc1ccc([N+](=O)[O-])c(Sc2ccc(F)cc2)n1. The van der Waals surface area contributed by atoms with E-state index >= 15 is 0 Å². The number of nitro groups is 1. The van der Waals surface area contributed by atoms with Crippen molar-refractivity contribution in [2.45, 2.75) is 16.8 Å². The summed E-state index contributed by atoms with van der Waals surface area (Å²) < 4.78 is 12.9. The van der Waals surface area contributed by atoms with E-state index in [1.54, 1.807) is 18.2 Å². The van der Waals surface area contributed by atoms with Crippen LogP contribution < -0.4 is 5.32 Å². The highest BCUT2D eigenvalue weighted by Gasteiger charge is 2.17. The lowest BCUT2D eigenvalue weighted by Crippen LogP contribution is -2.01. The molecule has 0 unspecified atom stereocenters. The van der Waals surface area contributed by atoms with Crippen LogP contribution in [0.1, 0.15) is 6.92 Å². The van der Waals surface area contributed by atoms with E-state index in [2.05, 4.69) is 10.3 Å². The lowest BCUT2D eigenvalue weighted by molar-refractivity contribution is -0.388. The molecular weight excluding hydrogens is 281 g/mol. The van der Waals surface area contributed by atoms with Gasteiger partial charge in [0.2, 0.25) is 0 Å². The summed E-state index contributed by atoms with van der Waals surface area (Å²) in [6.07, 6.45) is 0. The highest BCUT2D eigenvalue weighted by Crippen LogP contribution is 2.34. The summed E-state index contributed by atoms with van der Waals surface area (Å²) in [6.45, 7) is 2.58. The van der Waals surface area contributed by atoms with Crippen molar-refractivity contribution in [2.24, 2.45) is 0 Å². The molecule has 2 rings (SSSR count). The number of halogens is 1. The van der Waals surface area contributed by atoms with Crippen LogP contribution in [0.15, 0.2) is 46.3 Å². The number of nitrogens with one attached hydrogen (secondary N) is 1. The Kier molecular flexibility index (Phi) is 4.52. The maximum absolute atomic E-state index is 12.9. The summed E-state index contributed by atoms with van der Waals surface area (Å²) in [4.78, 5) is 15.4. The summed E-state index contributed by atoms with van der Waals surface area (Å²) in [5.74, 6) is 0.223. The molecule has 7 heteroatoms. The number of pyridine rings is 1. The van der Waals surface area contributed by atoms with Crippen LogP contribution in [0.2, 0.25) is 0 Å². The van der Waals surface area contributed by atoms with Gasteiger partial charge in [-0.05, 0) is 37.3 Å². The number of rotatable bonds is 5. The topological polar surface area (TPSA) is 68.1 Å². The Balaban J connectivity index is 2.34. The van der Waals surface area contributed by atoms with Crippen molar-refractivity contribution in [3.63, 3.8) is 0 Å². The molecule has 1 aromatic carbocycles. The number of hydrogen-bond acceptors (Lipinski definition) is 5. The second kappa shape index (κ2) is 6.33. The number of nitrogens with zero attached hydrogens (tertiary/aromatic N) is 2. The van der Waals surface area contributed by atoms with Crippen LogP contribution in [0.5, 0.6) is 0 Å². The van der Waals surface area contributed by atoms with Gasteiger partial charge in [0.15, 0.2) is 5.03 Å². The largest absolute Gasteiger partial charge is 0.370 e. The fourth-order valence-electron chi connectivity index (χ4n) is 1.54. The van der Waals surface area contributed by atoms with Crippen LogP contribution in [0, 0.1) is 15.9 Å². The Labute approximate surface area is 119 Å². The predicted molar refractivity (Wildman–Crippen MR) is 75.6 cm³/mol. The van der Waals surface area contributed by atoms with Gasteiger partial charge in [-0.15, -0.1) is 0 Å². The number of benzene rings is 1. The van der Waals surface area contributed by atoms with Crippen molar-refractivity contribution in [3.8, 4) is 0 Å². The molecule has 0 atom stereocenters. The molecule has 0 bridgehead atoms. The first kappa shape index (κ1) is 14.3. The number of hydrogen-bond donors (Lipinski definition) is 1. The van der Waals surface area contributed by atoms with E-state index < -0.39 is 4.92 Å². The van der Waals surface area contributed by atoms with E-state index in [0.29, 0.717) is 17.3 Å². The van der Waals surface area contributed by atoms with Crippen LogP contribution in [0.25, 0.3) is 0 Å². The fourth-order valence-corrected chi connectivity index (χ4v) is 2.43. The van der Waals surface area contributed by atoms with Gasteiger partial charge in [0, 0.05) is 17.5 Å². The van der Waals surface area contributed by atoms with Crippen molar-refractivity contribution in [1.82, 2.24) is 4.98 Å². The van der Waals surface area contributed by atoms with Crippen molar-refractivity contribution >= 4 is 23.3 Å². The summed E-state index contributed by atoms with van der Waals surface area (Å²) in [5, 5.41) is 14.3. The first-order valence-corrected chi connectivity index (χ1v) is 6.74. The van der Waals surface area contributed by atoms with Gasteiger partial charge in [-0.3, -0.25) is 10.1 Å². The van der Waals surface area contributed by atoms with Gasteiger partial charge in [0.25, 0.3) is 0 Å². The molecule has 0 amide bonds. The third-order valence-corrected chi connectivity index (χ3v) is 3.42. The maximum atomic E-state index is 12.9. The molecular formula is C13H12FN3O2S. The van der Waals surface area contributed by atoms with Crippen molar-refractivity contribution in [3.05, 3.63) is 52.3 Å². The number of anilines is 1. The normalized spacial score (nSPS) is 10.3. The third-order valence-electron chi connectivity index (χ3n) is 2.42. The quantitative estimate of drug-likeness (QED) is 0.672. The van der Waals surface area contributed by atoms with Gasteiger partial charge in [-0.25, -0.2) is 9.37 Å². The molecule has 20 heavy (non-hydrogen) atoms. The molecule has 1 heterocycles. The Morgan fingerprint density at radius 3 is 2.60 bits per heavy atom. The highest BCUT2D eigenvalue weighted by molar-refractivity contribution is 7.99. The van der Waals surface area contributed by atoms with E-state index in [1.807, 2.05) is 6.92 Å². The molecule has 0 radical (unpaired) electrons. The van der Waals surface area contributed by atoms with Crippen LogP contribution in [-0.4, -0.2) is 16.5 Å². The first-order valence-electron chi connectivity index (χ1n) is 5.93. The summed E-state index contributed by atoms with van der Waals surface area (Å²) in [5.41, 5.74) is -0.0685. The minimum Gasteiger partial charge on any atom is -0.370 e. The summed E-state index contributed by atoms with van der Waals surface area (Å²) in [6, 6.07) is 8.72.